The first-order chi connectivity index (χ1) is 11.6. The molecule has 0 saturated carbocycles. The quantitative estimate of drug-likeness (QED) is 0.887. The molecule has 0 radical (unpaired) electrons. The van der Waals surface area contributed by atoms with E-state index in [1.807, 2.05) is 36.4 Å². The van der Waals surface area contributed by atoms with Crippen LogP contribution < -0.4 is 16.0 Å². The van der Waals surface area contributed by atoms with Crippen molar-refractivity contribution in [1.82, 2.24) is 5.32 Å². The number of piperidine rings is 1. The minimum atomic E-state index is -0.511. The van der Waals surface area contributed by atoms with Gasteiger partial charge in [0, 0.05) is 24.8 Å². The van der Waals surface area contributed by atoms with Gasteiger partial charge in [0.05, 0.1) is 0 Å². The van der Waals surface area contributed by atoms with E-state index in [9.17, 15) is 9.18 Å². The summed E-state index contributed by atoms with van der Waals surface area (Å²) in [4.78, 5) is 14.0. The Morgan fingerprint density at radius 1 is 1.21 bits per heavy atom. The summed E-state index contributed by atoms with van der Waals surface area (Å²) in [6.07, 6.45) is 1.94. The molecule has 24 heavy (non-hydrogen) atoms. The monoisotopic (exact) mass is 327 g/mol. The van der Waals surface area contributed by atoms with Crippen molar-refractivity contribution in [3.8, 4) is 0 Å². The topological polar surface area (TPSA) is 58.4 Å². The van der Waals surface area contributed by atoms with Crippen molar-refractivity contribution < 1.29 is 9.18 Å². The smallest absolute Gasteiger partial charge is 0.239 e. The third-order valence-corrected chi connectivity index (χ3v) is 4.41. The average molecular weight is 327 g/mol. The lowest BCUT2D eigenvalue weighted by Crippen LogP contribution is -2.49. The Labute approximate surface area is 141 Å². The molecule has 3 N–H and O–H groups in total. The Bertz CT molecular complexity index is 692. The summed E-state index contributed by atoms with van der Waals surface area (Å²) in [5.41, 5.74) is 7.33. The van der Waals surface area contributed by atoms with Crippen LogP contribution in [0.25, 0.3) is 0 Å². The molecule has 2 aromatic carbocycles. The van der Waals surface area contributed by atoms with E-state index >= 15 is 0 Å². The minimum Gasteiger partial charge on any atom is -0.370 e. The normalized spacial score (nSPS) is 19.0. The van der Waals surface area contributed by atoms with Crippen molar-refractivity contribution in [2.75, 3.05) is 18.0 Å². The number of nitrogens with zero attached hydrogens (tertiary/aromatic N) is 1. The average Bonchev–Trinajstić information content (AvgIpc) is 2.60. The second-order valence-corrected chi connectivity index (χ2v) is 6.18. The van der Waals surface area contributed by atoms with Gasteiger partial charge in [-0.1, -0.05) is 36.4 Å². The molecule has 1 aliphatic rings. The van der Waals surface area contributed by atoms with Crippen LogP contribution in [0.1, 0.15) is 24.4 Å². The van der Waals surface area contributed by atoms with Gasteiger partial charge in [-0.15, -0.1) is 0 Å². The zero-order valence-electron chi connectivity index (χ0n) is 13.5. The number of hydrogen-bond donors (Lipinski definition) is 2. The Balaban J connectivity index is 1.71. The number of halogens is 1. The van der Waals surface area contributed by atoms with Gasteiger partial charge in [0.2, 0.25) is 5.91 Å². The molecule has 1 amide bonds. The number of anilines is 1. The van der Waals surface area contributed by atoms with Crippen molar-refractivity contribution in [3.63, 3.8) is 0 Å². The second kappa shape index (κ2) is 7.45. The van der Waals surface area contributed by atoms with E-state index in [0.29, 0.717) is 0 Å². The van der Waals surface area contributed by atoms with Crippen LogP contribution in [0, 0.1) is 5.82 Å². The molecule has 2 aromatic rings. The number of carbonyl (C=O) groups is 1. The molecule has 0 spiro atoms. The van der Waals surface area contributed by atoms with E-state index in [0.717, 1.165) is 37.2 Å². The van der Waals surface area contributed by atoms with Crippen molar-refractivity contribution in [3.05, 3.63) is 66.0 Å². The molecule has 2 atom stereocenters. The molecule has 1 heterocycles. The van der Waals surface area contributed by atoms with Crippen molar-refractivity contribution in [2.45, 2.75) is 24.9 Å². The van der Waals surface area contributed by atoms with Crippen LogP contribution in [-0.4, -0.2) is 25.0 Å². The number of hydrogen-bond acceptors (Lipinski definition) is 3. The molecule has 2 unspecified atom stereocenters. The van der Waals surface area contributed by atoms with E-state index in [2.05, 4.69) is 10.2 Å². The highest BCUT2D eigenvalue weighted by Gasteiger charge is 2.26. The van der Waals surface area contributed by atoms with E-state index in [4.69, 9.17) is 5.73 Å². The molecule has 3 rings (SSSR count). The number of nitrogens with one attached hydrogen (secondary N) is 1. The van der Waals surface area contributed by atoms with Crippen LogP contribution in [-0.2, 0) is 4.79 Å². The number of nitrogens with two attached hydrogens (primary N) is 1. The molecule has 0 aromatic heterocycles. The SMILES string of the molecule is NC(=O)C(NC1CCCN(c2cccc(F)c2)C1)c1ccccc1. The molecule has 1 fully saturated rings. The van der Waals surface area contributed by atoms with E-state index in [-0.39, 0.29) is 17.8 Å². The van der Waals surface area contributed by atoms with Crippen LogP contribution in [0.4, 0.5) is 10.1 Å². The predicted octanol–water partition coefficient (Wildman–Crippen LogP) is 2.61. The van der Waals surface area contributed by atoms with Crippen LogP contribution in [0.3, 0.4) is 0 Å². The fourth-order valence-electron chi connectivity index (χ4n) is 3.24. The van der Waals surface area contributed by atoms with Gasteiger partial charge in [0.15, 0.2) is 0 Å². The van der Waals surface area contributed by atoms with Gasteiger partial charge in [0.1, 0.15) is 11.9 Å². The number of amides is 1. The summed E-state index contributed by atoms with van der Waals surface area (Å²) < 4.78 is 13.5. The zero-order chi connectivity index (χ0) is 16.9. The zero-order valence-corrected chi connectivity index (χ0v) is 13.5. The predicted molar refractivity (Wildman–Crippen MR) is 93.1 cm³/mol. The summed E-state index contributed by atoms with van der Waals surface area (Å²) in [5, 5.41) is 3.38. The minimum absolute atomic E-state index is 0.125. The van der Waals surface area contributed by atoms with Gasteiger partial charge in [-0.25, -0.2) is 4.39 Å². The summed E-state index contributed by atoms with van der Waals surface area (Å²) in [6, 6.07) is 15.7. The van der Waals surface area contributed by atoms with Gasteiger partial charge in [-0.3, -0.25) is 10.1 Å². The van der Waals surface area contributed by atoms with Gasteiger partial charge in [-0.05, 0) is 36.6 Å². The first-order valence-electron chi connectivity index (χ1n) is 8.24. The number of carbonyl (C=O) groups excluding carboxylic acids is 1. The molecule has 5 heteroatoms. The number of primary amides is 1. The third kappa shape index (κ3) is 3.92. The number of rotatable bonds is 5. The summed E-state index contributed by atoms with van der Waals surface area (Å²) in [7, 11) is 0. The summed E-state index contributed by atoms with van der Waals surface area (Å²) in [5.74, 6) is -0.619. The fourth-order valence-corrected chi connectivity index (χ4v) is 3.24. The van der Waals surface area contributed by atoms with Crippen molar-refractivity contribution in [2.24, 2.45) is 5.73 Å². The molecule has 126 valence electrons. The van der Waals surface area contributed by atoms with Crippen molar-refractivity contribution >= 4 is 11.6 Å². The van der Waals surface area contributed by atoms with Gasteiger partial charge >= 0.3 is 0 Å². The highest BCUT2D eigenvalue weighted by molar-refractivity contribution is 5.81. The summed E-state index contributed by atoms with van der Waals surface area (Å²) in [6.45, 7) is 1.61. The van der Waals surface area contributed by atoms with Gasteiger partial charge in [0.25, 0.3) is 0 Å². The Kier molecular flexibility index (Phi) is 5.11. The van der Waals surface area contributed by atoms with Crippen LogP contribution >= 0.6 is 0 Å². The van der Waals surface area contributed by atoms with E-state index < -0.39 is 6.04 Å². The largest absolute Gasteiger partial charge is 0.370 e. The first kappa shape index (κ1) is 16.5. The maximum atomic E-state index is 13.5. The molecule has 0 bridgehead atoms. The molecule has 4 nitrogen and oxygen atoms in total. The lowest BCUT2D eigenvalue weighted by Gasteiger charge is -2.36. The van der Waals surface area contributed by atoms with E-state index in [1.54, 1.807) is 12.1 Å². The van der Waals surface area contributed by atoms with Crippen molar-refractivity contribution in [1.29, 1.82) is 0 Å². The maximum absolute atomic E-state index is 13.5. The van der Waals surface area contributed by atoms with Crippen LogP contribution in [0.15, 0.2) is 54.6 Å². The molecular formula is C19H22FN3O. The maximum Gasteiger partial charge on any atom is 0.239 e. The first-order valence-corrected chi connectivity index (χ1v) is 8.24. The highest BCUT2D eigenvalue weighted by atomic mass is 19.1. The molecule has 1 aliphatic heterocycles. The Morgan fingerprint density at radius 2 is 2.00 bits per heavy atom. The third-order valence-electron chi connectivity index (χ3n) is 4.41. The highest BCUT2D eigenvalue weighted by Crippen LogP contribution is 2.22. The molecule has 1 saturated heterocycles. The summed E-state index contributed by atoms with van der Waals surface area (Å²) >= 11 is 0. The van der Waals surface area contributed by atoms with Crippen LogP contribution in [0.2, 0.25) is 0 Å². The standard InChI is InChI=1S/C19H22FN3O/c20-15-8-4-10-17(12-15)23-11-5-9-16(13-23)22-18(19(21)24)14-6-2-1-3-7-14/h1-4,6-8,10,12,16,18,22H,5,9,11,13H2,(H2,21,24). The molecule has 0 aliphatic carbocycles. The molecular weight excluding hydrogens is 305 g/mol. The fraction of sp³-hybridized carbons (Fsp3) is 0.316. The Hall–Kier alpha value is -2.40. The lowest BCUT2D eigenvalue weighted by atomic mass is 10.0. The van der Waals surface area contributed by atoms with Crippen LogP contribution in [0.5, 0.6) is 0 Å². The number of benzene rings is 2. The lowest BCUT2D eigenvalue weighted by molar-refractivity contribution is -0.120. The van der Waals surface area contributed by atoms with Gasteiger partial charge in [-0.2, -0.15) is 0 Å². The van der Waals surface area contributed by atoms with Gasteiger partial charge < -0.3 is 10.6 Å². The second-order valence-electron chi connectivity index (χ2n) is 6.18. The Morgan fingerprint density at radius 3 is 2.71 bits per heavy atom. The van der Waals surface area contributed by atoms with E-state index in [1.165, 1.54) is 6.07 Å².